The smallest absolute Gasteiger partial charge is 0.462 e. The first-order valence-electron chi connectivity index (χ1n) is 43.7. The van der Waals surface area contributed by atoms with E-state index in [1.807, 2.05) is 0 Å². The summed E-state index contributed by atoms with van der Waals surface area (Å²) in [6.45, 7) is 14.3. The van der Waals surface area contributed by atoms with Gasteiger partial charge < -0.3 is 33.8 Å². The van der Waals surface area contributed by atoms with Crippen LogP contribution in [0.4, 0.5) is 0 Å². The summed E-state index contributed by atoms with van der Waals surface area (Å²) >= 11 is 0. The van der Waals surface area contributed by atoms with Crippen LogP contribution in [0.15, 0.2) is 0 Å². The molecule has 19 heteroatoms. The van der Waals surface area contributed by atoms with Crippen molar-refractivity contribution in [2.45, 2.75) is 459 Å². The van der Waals surface area contributed by atoms with Crippen LogP contribution in [0.3, 0.4) is 0 Å². The number of aliphatic hydroxyl groups excluding tert-OH is 1. The van der Waals surface area contributed by atoms with Crippen molar-refractivity contribution in [3.05, 3.63) is 0 Å². The molecule has 0 aromatic carbocycles. The predicted molar refractivity (Wildman–Crippen MR) is 428 cm³/mol. The lowest BCUT2D eigenvalue weighted by Gasteiger charge is -2.21. The van der Waals surface area contributed by atoms with Gasteiger partial charge in [0.1, 0.15) is 19.3 Å². The summed E-state index contributed by atoms with van der Waals surface area (Å²) in [5.41, 5.74) is 0. The largest absolute Gasteiger partial charge is 0.472 e. The Hall–Kier alpha value is -1.94. The molecule has 0 amide bonds. The molecule has 0 saturated carbocycles. The summed E-state index contributed by atoms with van der Waals surface area (Å²) in [7, 11) is -9.93. The number of carbonyl (C=O) groups is 4. The molecule has 0 radical (unpaired) electrons. The molecule has 0 aromatic rings. The molecule has 0 heterocycles. The van der Waals surface area contributed by atoms with Gasteiger partial charge in [-0.3, -0.25) is 37.3 Å². The average molecular weight is 1520 g/mol. The third kappa shape index (κ3) is 76.8. The number of hydrogen-bond donors (Lipinski definition) is 3. The van der Waals surface area contributed by atoms with Crippen LogP contribution < -0.4 is 0 Å². The molecule has 618 valence electrons. The van der Waals surface area contributed by atoms with Gasteiger partial charge in [0.15, 0.2) is 12.2 Å². The number of ether oxygens (including phenoxy) is 4. The fourth-order valence-corrected chi connectivity index (χ4v) is 14.7. The number of unbranched alkanes of at least 4 members (excludes halogenated alkanes) is 47. The third-order valence-corrected chi connectivity index (χ3v) is 22.1. The molecule has 6 atom stereocenters. The van der Waals surface area contributed by atoms with Gasteiger partial charge in [-0.15, -0.1) is 0 Å². The zero-order valence-electron chi connectivity index (χ0n) is 68.7. The highest BCUT2D eigenvalue weighted by Gasteiger charge is 2.30. The summed E-state index contributed by atoms with van der Waals surface area (Å²) in [5.74, 6) is 1.04. The Morgan fingerprint density at radius 3 is 0.683 bits per heavy atom. The second-order valence-electron chi connectivity index (χ2n) is 32.2. The summed E-state index contributed by atoms with van der Waals surface area (Å²) in [6, 6.07) is 0. The Morgan fingerprint density at radius 1 is 0.269 bits per heavy atom. The monoisotopic (exact) mass is 1520 g/mol. The van der Waals surface area contributed by atoms with Crippen LogP contribution in [0.5, 0.6) is 0 Å². The van der Waals surface area contributed by atoms with Crippen LogP contribution in [-0.2, 0) is 65.4 Å². The Morgan fingerprint density at radius 2 is 0.462 bits per heavy atom. The first kappa shape index (κ1) is 102. The van der Waals surface area contributed by atoms with Crippen LogP contribution >= 0.6 is 15.6 Å². The van der Waals surface area contributed by atoms with Gasteiger partial charge in [0, 0.05) is 25.7 Å². The molecular weight excluding hydrogens is 1350 g/mol. The normalized spacial score (nSPS) is 14.2. The highest BCUT2D eigenvalue weighted by atomic mass is 31.2. The van der Waals surface area contributed by atoms with Crippen molar-refractivity contribution in [1.29, 1.82) is 0 Å². The van der Waals surface area contributed by atoms with Crippen molar-refractivity contribution in [3.63, 3.8) is 0 Å². The van der Waals surface area contributed by atoms with Gasteiger partial charge in [0.2, 0.25) is 0 Å². The molecule has 4 unspecified atom stereocenters. The van der Waals surface area contributed by atoms with Crippen molar-refractivity contribution in [1.82, 2.24) is 0 Å². The lowest BCUT2D eigenvalue weighted by molar-refractivity contribution is -0.161. The summed E-state index contributed by atoms with van der Waals surface area (Å²) in [6.07, 6.45) is 62.5. The number of carbonyl (C=O) groups excluding carboxylic acids is 4. The molecule has 0 bridgehead atoms. The SMILES string of the molecule is CCC(C)CCCCCCCCCCCCCCCCC(=O)OC[C@H](COP(=O)(O)OCC(O)COP(=O)(O)OC[C@@H](COC(=O)CCCCCCCCCC(C)C)OC(=O)CCCCCCCCCCCCCCC(C)C)OC(=O)CCCCCCCCCCCCCCCCCCCCC(C)C. The van der Waals surface area contributed by atoms with Crippen molar-refractivity contribution in [2.75, 3.05) is 39.6 Å². The maximum atomic E-state index is 13.1. The van der Waals surface area contributed by atoms with Gasteiger partial charge in [-0.1, -0.05) is 389 Å². The Balaban J connectivity index is 5.23. The van der Waals surface area contributed by atoms with Crippen LogP contribution in [0.2, 0.25) is 0 Å². The predicted octanol–water partition coefficient (Wildman–Crippen LogP) is 25.6. The van der Waals surface area contributed by atoms with E-state index >= 15 is 0 Å². The van der Waals surface area contributed by atoms with Gasteiger partial charge in [0.25, 0.3) is 0 Å². The van der Waals surface area contributed by atoms with Crippen molar-refractivity contribution < 1.29 is 80.2 Å². The summed E-state index contributed by atoms with van der Waals surface area (Å²) < 4.78 is 68.8. The second-order valence-corrected chi connectivity index (χ2v) is 35.2. The molecule has 17 nitrogen and oxygen atoms in total. The quantitative estimate of drug-likeness (QED) is 0.0222. The molecule has 0 aliphatic rings. The minimum Gasteiger partial charge on any atom is -0.462 e. The maximum Gasteiger partial charge on any atom is 0.472 e. The zero-order chi connectivity index (χ0) is 76.7. The zero-order valence-corrected chi connectivity index (χ0v) is 70.5. The summed E-state index contributed by atoms with van der Waals surface area (Å²) in [5, 5.41) is 10.7. The number of aliphatic hydroxyl groups is 1. The van der Waals surface area contributed by atoms with E-state index in [2.05, 4.69) is 55.4 Å². The van der Waals surface area contributed by atoms with Gasteiger partial charge >= 0.3 is 39.5 Å². The molecule has 0 rings (SSSR count). The molecule has 3 N–H and O–H groups in total. The molecule has 0 spiro atoms. The Kier molecular flexibility index (Phi) is 72.5. The molecule has 104 heavy (non-hydrogen) atoms. The molecule has 0 aromatic heterocycles. The van der Waals surface area contributed by atoms with Crippen molar-refractivity contribution in [3.8, 4) is 0 Å². The lowest BCUT2D eigenvalue weighted by atomic mass is 9.99. The van der Waals surface area contributed by atoms with E-state index in [1.54, 1.807) is 0 Å². The number of hydrogen-bond acceptors (Lipinski definition) is 15. The first-order chi connectivity index (χ1) is 50.1. The van der Waals surface area contributed by atoms with Crippen molar-refractivity contribution in [2.24, 2.45) is 23.7 Å². The minimum atomic E-state index is -4.97. The molecule has 0 saturated heterocycles. The number of rotatable bonds is 82. The highest BCUT2D eigenvalue weighted by Crippen LogP contribution is 2.45. The van der Waals surface area contributed by atoms with E-state index in [0.29, 0.717) is 31.6 Å². The number of esters is 4. The second kappa shape index (κ2) is 73.8. The average Bonchev–Trinajstić information content (AvgIpc) is 0.908. The van der Waals surface area contributed by atoms with E-state index in [0.717, 1.165) is 114 Å². The summed E-state index contributed by atoms with van der Waals surface area (Å²) in [4.78, 5) is 73.2. The van der Waals surface area contributed by atoms with Crippen LogP contribution in [-0.4, -0.2) is 96.7 Å². The van der Waals surface area contributed by atoms with Gasteiger partial charge in [-0.2, -0.15) is 0 Å². The molecular formula is C85H166O17P2. The van der Waals surface area contributed by atoms with Gasteiger partial charge in [0.05, 0.1) is 26.4 Å². The van der Waals surface area contributed by atoms with Crippen molar-refractivity contribution >= 4 is 39.5 Å². The molecule has 0 aliphatic heterocycles. The van der Waals surface area contributed by atoms with Crippen LogP contribution in [0.25, 0.3) is 0 Å². The van der Waals surface area contributed by atoms with Gasteiger partial charge in [-0.25, -0.2) is 9.13 Å². The lowest BCUT2D eigenvalue weighted by Crippen LogP contribution is -2.30. The van der Waals surface area contributed by atoms with Crippen LogP contribution in [0.1, 0.15) is 441 Å². The highest BCUT2D eigenvalue weighted by molar-refractivity contribution is 7.47. The fourth-order valence-electron chi connectivity index (χ4n) is 13.1. The van der Waals surface area contributed by atoms with E-state index in [-0.39, 0.29) is 25.7 Å². The Bertz CT molecular complexity index is 2030. The first-order valence-corrected chi connectivity index (χ1v) is 46.7. The van der Waals surface area contributed by atoms with Crippen LogP contribution in [0, 0.1) is 23.7 Å². The Labute approximate surface area is 638 Å². The molecule has 0 fully saturated rings. The number of phosphoric acid groups is 2. The maximum absolute atomic E-state index is 13.1. The van der Waals surface area contributed by atoms with E-state index in [4.69, 9.17) is 37.0 Å². The standard InChI is InChI=1S/C85H166O17P2/c1-9-78(8)64-56-48-40-32-26-19-16-17-20-27-33-41-49-57-65-82(87)95-71-80(101-84(89)67-59-51-42-34-28-21-15-13-11-10-12-14-18-24-30-37-45-53-61-75(2)3)73-99-103(91,92)97-69-79(86)70-98-104(93,94)100-74-81(72-96-83(88)66-58-50-44-36-39-47-55-63-77(6)7)102-85(90)68-60-52-43-35-29-23-22-25-31-38-46-54-62-76(4)5/h75-81,86H,9-74H2,1-8H3,(H,91,92)(H,93,94)/t78?,79?,80-,81-/m1/s1. The molecule has 0 aliphatic carbocycles. The van der Waals surface area contributed by atoms with Gasteiger partial charge in [-0.05, 0) is 49.4 Å². The topological polar surface area (TPSA) is 237 Å². The fraction of sp³-hybridized carbons (Fsp3) is 0.953. The third-order valence-electron chi connectivity index (χ3n) is 20.2. The number of phosphoric ester groups is 2. The van der Waals surface area contributed by atoms with E-state index < -0.39 is 97.5 Å². The minimum absolute atomic E-state index is 0.106. The van der Waals surface area contributed by atoms with E-state index in [9.17, 15) is 43.2 Å². The van der Waals surface area contributed by atoms with E-state index in [1.165, 1.54) is 238 Å².